The predicted molar refractivity (Wildman–Crippen MR) is 77.3 cm³/mol. The number of rotatable bonds is 1. The van der Waals surface area contributed by atoms with Crippen LogP contribution in [0.2, 0.25) is 0 Å². The van der Waals surface area contributed by atoms with E-state index >= 15 is 0 Å². The number of piperidine rings is 1. The van der Waals surface area contributed by atoms with E-state index in [-0.39, 0.29) is 11.3 Å². The monoisotopic (exact) mass is 277 g/mol. The molecule has 2 atom stereocenters. The topological polar surface area (TPSA) is 20.3 Å². The van der Waals surface area contributed by atoms with Gasteiger partial charge in [-0.2, -0.15) is 0 Å². The van der Waals surface area contributed by atoms with E-state index in [4.69, 9.17) is 11.6 Å². The normalized spacial score (nSPS) is 27.4. The minimum atomic E-state index is 0.150. The minimum absolute atomic E-state index is 0.150. The zero-order valence-electron chi connectivity index (χ0n) is 11.3. The molecule has 0 saturated carbocycles. The van der Waals surface area contributed by atoms with Crippen LogP contribution >= 0.6 is 11.6 Å². The Hall–Kier alpha value is -1.02. The van der Waals surface area contributed by atoms with Crippen LogP contribution in [0.5, 0.6) is 0 Å². The van der Waals surface area contributed by atoms with Crippen LogP contribution in [0.4, 0.5) is 0 Å². The summed E-state index contributed by atoms with van der Waals surface area (Å²) < 4.78 is 0. The molecule has 1 aromatic rings. The van der Waals surface area contributed by atoms with Gasteiger partial charge in [0, 0.05) is 24.4 Å². The molecule has 1 aliphatic carbocycles. The summed E-state index contributed by atoms with van der Waals surface area (Å²) in [4.78, 5) is 14.6. The second-order valence-corrected chi connectivity index (χ2v) is 6.50. The van der Waals surface area contributed by atoms with Crippen molar-refractivity contribution in [3.63, 3.8) is 0 Å². The van der Waals surface area contributed by atoms with Crippen molar-refractivity contribution >= 4 is 17.5 Å². The first kappa shape index (κ1) is 13.0. The Morgan fingerprint density at radius 3 is 2.47 bits per heavy atom. The molecular weight excluding hydrogens is 258 g/mol. The average molecular weight is 278 g/mol. The number of hydrogen-bond acceptors (Lipinski definition) is 1. The van der Waals surface area contributed by atoms with Crippen LogP contribution in [0, 0.1) is 11.8 Å². The number of carbonyl (C=O) groups is 1. The summed E-state index contributed by atoms with van der Waals surface area (Å²) in [7, 11) is 0. The smallest absolute Gasteiger partial charge is 0.226 e. The standard InChI is InChI=1S/C16H20ClNO/c1-11-10-18(7-6-15(11)17)16(19)14-8-12-4-2-3-5-13(12)9-14/h2-5,11,14-15H,6-10H2,1H3. The summed E-state index contributed by atoms with van der Waals surface area (Å²) in [6.07, 6.45) is 2.74. The summed E-state index contributed by atoms with van der Waals surface area (Å²) in [6.45, 7) is 3.78. The minimum Gasteiger partial charge on any atom is -0.342 e. The van der Waals surface area contributed by atoms with Crippen molar-refractivity contribution in [2.75, 3.05) is 13.1 Å². The Balaban J connectivity index is 1.67. The third-order valence-electron chi connectivity index (χ3n) is 4.51. The van der Waals surface area contributed by atoms with Gasteiger partial charge in [0.05, 0.1) is 0 Å². The molecule has 19 heavy (non-hydrogen) atoms. The molecule has 1 fully saturated rings. The maximum Gasteiger partial charge on any atom is 0.226 e. The summed E-state index contributed by atoms with van der Waals surface area (Å²) in [5, 5.41) is 0.227. The largest absolute Gasteiger partial charge is 0.342 e. The molecule has 2 unspecified atom stereocenters. The van der Waals surface area contributed by atoms with Crippen LogP contribution < -0.4 is 0 Å². The lowest BCUT2D eigenvalue weighted by molar-refractivity contribution is -0.136. The maximum atomic E-state index is 12.6. The number of nitrogens with zero attached hydrogens (tertiary/aromatic N) is 1. The van der Waals surface area contributed by atoms with Gasteiger partial charge in [-0.15, -0.1) is 11.6 Å². The number of fused-ring (bicyclic) bond motifs is 1. The van der Waals surface area contributed by atoms with Gasteiger partial charge in [0.2, 0.25) is 5.91 Å². The molecule has 0 N–H and O–H groups in total. The van der Waals surface area contributed by atoms with Crippen LogP contribution in [0.25, 0.3) is 0 Å². The maximum absolute atomic E-state index is 12.6. The molecule has 1 aliphatic heterocycles. The number of alkyl halides is 1. The van der Waals surface area contributed by atoms with Gasteiger partial charge in [-0.1, -0.05) is 31.2 Å². The van der Waals surface area contributed by atoms with E-state index in [1.165, 1.54) is 11.1 Å². The molecule has 0 aromatic heterocycles. The Kier molecular flexibility index (Phi) is 3.53. The van der Waals surface area contributed by atoms with Gasteiger partial charge in [0.15, 0.2) is 0 Å². The SMILES string of the molecule is CC1CN(C(=O)C2Cc3ccccc3C2)CCC1Cl. The third-order valence-corrected chi connectivity index (χ3v) is 5.16. The molecule has 2 aliphatic rings. The highest BCUT2D eigenvalue weighted by molar-refractivity contribution is 6.20. The fourth-order valence-corrected chi connectivity index (χ4v) is 3.49. The Bertz CT molecular complexity index is 462. The third kappa shape index (κ3) is 2.51. The molecule has 0 spiro atoms. The van der Waals surface area contributed by atoms with Gasteiger partial charge in [-0.25, -0.2) is 0 Å². The molecule has 1 aromatic carbocycles. The van der Waals surface area contributed by atoms with Crippen LogP contribution in [-0.4, -0.2) is 29.3 Å². The van der Waals surface area contributed by atoms with E-state index in [9.17, 15) is 4.79 Å². The quantitative estimate of drug-likeness (QED) is 0.723. The molecule has 0 bridgehead atoms. The van der Waals surface area contributed by atoms with E-state index in [0.29, 0.717) is 11.8 Å². The van der Waals surface area contributed by atoms with Crippen molar-refractivity contribution in [3.8, 4) is 0 Å². The van der Waals surface area contributed by atoms with Crippen molar-refractivity contribution in [3.05, 3.63) is 35.4 Å². The first-order valence-corrected chi connectivity index (χ1v) is 7.58. The fourth-order valence-electron chi connectivity index (χ4n) is 3.31. The number of hydrogen-bond donors (Lipinski definition) is 0. The lowest BCUT2D eigenvalue weighted by Crippen LogP contribution is -2.46. The molecule has 1 amide bonds. The summed E-state index contributed by atoms with van der Waals surface area (Å²) in [6, 6.07) is 8.42. The number of halogens is 1. The average Bonchev–Trinajstić information content (AvgIpc) is 2.85. The van der Waals surface area contributed by atoms with E-state index in [2.05, 4.69) is 31.2 Å². The summed E-state index contributed by atoms with van der Waals surface area (Å²) in [5.74, 6) is 0.881. The van der Waals surface area contributed by atoms with Crippen molar-refractivity contribution in [1.82, 2.24) is 4.90 Å². The van der Waals surface area contributed by atoms with Crippen molar-refractivity contribution in [2.45, 2.75) is 31.6 Å². The first-order chi connectivity index (χ1) is 9.15. The number of amides is 1. The first-order valence-electron chi connectivity index (χ1n) is 7.15. The lowest BCUT2D eigenvalue weighted by atomic mass is 9.97. The van der Waals surface area contributed by atoms with E-state index in [1.54, 1.807) is 0 Å². The van der Waals surface area contributed by atoms with Crippen LogP contribution in [-0.2, 0) is 17.6 Å². The number of carbonyl (C=O) groups excluding carboxylic acids is 1. The molecule has 3 heteroatoms. The molecule has 1 saturated heterocycles. The highest BCUT2D eigenvalue weighted by Gasteiger charge is 2.34. The van der Waals surface area contributed by atoms with Crippen molar-refractivity contribution in [2.24, 2.45) is 11.8 Å². The number of likely N-dealkylation sites (tertiary alicyclic amines) is 1. The van der Waals surface area contributed by atoms with Crippen LogP contribution in [0.1, 0.15) is 24.5 Å². The highest BCUT2D eigenvalue weighted by atomic mass is 35.5. The van der Waals surface area contributed by atoms with Crippen molar-refractivity contribution < 1.29 is 4.79 Å². The lowest BCUT2D eigenvalue weighted by Gasteiger charge is -2.35. The molecule has 1 heterocycles. The molecule has 2 nitrogen and oxygen atoms in total. The zero-order valence-corrected chi connectivity index (χ0v) is 12.1. The molecular formula is C16H20ClNO. The second kappa shape index (κ2) is 5.16. The molecule has 102 valence electrons. The van der Waals surface area contributed by atoms with Crippen LogP contribution in [0.15, 0.2) is 24.3 Å². The summed E-state index contributed by atoms with van der Waals surface area (Å²) >= 11 is 6.23. The Morgan fingerprint density at radius 1 is 1.26 bits per heavy atom. The Morgan fingerprint density at radius 2 is 1.89 bits per heavy atom. The zero-order chi connectivity index (χ0) is 13.4. The van der Waals surface area contributed by atoms with E-state index in [1.807, 2.05) is 4.90 Å². The van der Waals surface area contributed by atoms with Gasteiger partial charge in [-0.3, -0.25) is 4.79 Å². The van der Waals surface area contributed by atoms with E-state index < -0.39 is 0 Å². The van der Waals surface area contributed by atoms with Crippen LogP contribution in [0.3, 0.4) is 0 Å². The van der Waals surface area contributed by atoms with Gasteiger partial charge >= 0.3 is 0 Å². The summed E-state index contributed by atoms with van der Waals surface area (Å²) in [5.41, 5.74) is 2.70. The molecule has 0 radical (unpaired) electrons. The Labute approximate surface area is 119 Å². The predicted octanol–water partition coefficient (Wildman–Crippen LogP) is 2.88. The van der Waals surface area contributed by atoms with Gasteiger partial charge in [0.25, 0.3) is 0 Å². The fraction of sp³-hybridized carbons (Fsp3) is 0.562. The number of benzene rings is 1. The van der Waals surface area contributed by atoms with E-state index in [0.717, 1.165) is 32.4 Å². The van der Waals surface area contributed by atoms with Gasteiger partial charge in [-0.05, 0) is 36.3 Å². The second-order valence-electron chi connectivity index (χ2n) is 5.94. The van der Waals surface area contributed by atoms with Crippen molar-refractivity contribution in [1.29, 1.82) is 0 Å². The van der Waals surface area contributed by atoms with Gasteiger partial charge < -0.3 is 4.90 Å². The van der Waals surface area contributed by atoms with Gasteiger partial charge in [0.1, 0.15) is 0 Å². The highest BCUT2D eigenvalue weighted by Crippen LogP contribution is 2.30. The molecule has 3 rings (SSSR count).